The number of aryl methyl sites for hydroxylation is 1. The summed E-state index contributed by atoms with van der Waals surface area (Å²) in [6, 6.07) is 5.15. The quantitative estimate of drug-likeness (QED) is 0.839. The van der Waals surface area contributed by atoms with Crippen LogP contribution in [0.15, 0.2) is 41.6 Å². The lowest BCUT2D eigenvalue weighted by molar-refractivity contribution is 0.0694. The second kappa shape index (κ2) is 4.21. The predicted molar refractivity (Wildman–Crippen MR) is 61.9 cm³/mol. The Balaban J connectivity index is 2.72. The maximum Gasteiger partial charge on any atom is 0.341 e. The molecule has 2 aromatic rings. The lowest BCUT2D eigenvalue weighted by Gasteiger charge is -2.05. The molecule has 0 fully saturated rings. The Kier molecular flexibility index (Phi) is 2.74. The summed E-state index contributed by atoms with van der Waals surface area (Å²) in [6.45, 7) is 0. The molecule has 0 atom stereocenters. The van der Waals surface area contributed by atoms with Gasteiger partial charge >= 0.3 is 5.97 Å². The zero-order chi connectivity index (χ0) is 12.4. The third-order valence-electron chi connectivity index (χ3n) is 2.33. The van der Waals surface area contributed by atoms with Crippen molar-refractivity contribution in [1.29, 1.82) is 0 Å². The van der Waals surface area contributed by atoms with E-state index in [9.17, 15) is 9.59 Å². The van der Waals surface area contributed by atoms with E-state index in [1.54, 1.807) is 37.6 Å². The minimum atomic E-state index is -1.23. The molecule has 5 heteroatoms. The van der Waals surface area contributed by atoms with E-state index >= 15 is 0 Å². The number of carboxylic acid groups (broad SMARTS) is 1. The maximum absolute atomic E-state index is 11.9. The van der Waals surface area contributed by atoms with Crippen LogP contribution >= 0.6 is 0 Å². The monoisotopic (exact) mass is 230 g/mol. The van der Waals surface area contributed by atoms with E-state index in [1.165, 1.54) is 10.8 Å². The van der Waals surface area contributed by atoms with Crippen LogP contribution in [0.2, 0.25) is 0 Å². The van der Waals surface area contributed by atoms with Gasteiger partial charge in [0.1, 0.15) is 5.56 Å². The number of hydrogen-bond acceptors (Lipinski definition) is 3. The van der Waals surface area contributed by atoms with Crippen LogP contribution in [0.1, 0.15) is 10.4 Å². The number of carbonyl (C=O) groups is 1. The lowest BCUT2D eigenvalue weighted by Crippen LogP contribution is -2.19. The largest absolute Gasteiger partial charge is 0.477 e. The second-order valence-electron chi connectivity index (χ2n) is 3.60. The van der Waals surface area contributed by atoms with E-state index in [2.05, 4.69) is 4.98 Å². The molecule has 17 heavy (non-hydrogen) atoms. The minimum absolute atomic E-state index is 0.254. The molecule has 86 valence electrons. The normalized spacial score (nSPS) is 10.2. The van der Waals surface area contributed by atoms with Gasteiger partial charge < -0.3 is 9.67 Å². The Labute approximate surface area is 97.0 Å². The molecule has 2 heterocycles. The number of aromatic nitrogens is 2. The van der Waals surface area contributed by atoms with Gasteiger partial charge in [0, 0.05) is 25.6 Å². The van der Waals surface area contributed by atoms with Gasteiger partial charge in [-0.1, -0.05) is 6.07 Å². The fraction of sp³-hybridized carbons (Fsp3) is 0.0833. The third-order valence-corrected chi connectivity index (χ3v) is 2.33. The fourth-order valence-corrected chi connectivity index (χ4v) is 1.56. The molecule has 0 spiro atoms. The SMILES string of the molecule is Cn1cc(C(=O)O)c(=O)c(-c2ccccn2)c1. The van der Waals surface area contributed by atoms with Crippen LogP contribution < -0.4 is 5.43 Å². The van der Waals surface area contributed by atoms with Crippen molar-refractivity contribution in [2.45, 2.75) is 0 Å². The average molecular weight is 230 g/mol. The zero-order valence-electron chi connectivity index (χ0n) is 9.12. The summed E-state index contributed by atoms with van der Waals surface area (Å²) in [5.41, 5.74) is -0.0193. The van der Waals surface area contributed by atoms with Gasteiger partial charge in [0.2, 0.25) is 5.43 Å². The molecule has 0 aliphatic rings. The first-order valence-corrected chi connectivity index (χ1v) is 4.94. The van der Waals surface area contributed by atoms with Crippen molar-refractivity contribution in [2.24, 2.45) is 7.05 Å². The second-order valence-corrected chi connectivity index (χ2v) is 3.60. The first-order valence-electron chi connectivity index (χ1n) is 4.94. The molecule has 0 saturated heterocycles. The van der Waals surface area contributed by atoms with Crippen molar-refractivity contribution in [1.82, 2.24) is 9.55 Å². The number of carboxylic acids is 1. The van der Waals surface area contributed by atoms with Crippen molar-refractivity contribution in [2.75, 3.05) is 0 Å². The van der Waals surface area contributed by atoms with Gasteiger partial charge in [-0.15, -0.1) is 0 Å². The Hall–Kier alpha value is -2.43. The Morgan fingerprint density at radius 2 is 2.12 bits per heavy atom. The van der Waals surface area contributed by atoms with Crippen LogP contribution in [0.3, 0.4) is 0 Å². The maximum atomic E-state index is 11.9. The summed E-state index contributed by atoms with van der Waals surface area (Å²) in [4.78, 5) is 26.9. The Morgan fingerprint density at radius 3 is 2.71 bits per heavy atom. The standard InChI is InChI=1S/C12H10N2O3/c1-14-6-8(10-4-2-3-5-13-10)11(15)9(7-14)12(16)17/h2-7H,1H3,(H,16,17). The van der Waals surface area contributed by atoms with Gasteiger partial charge in [0.15, 0.2) is 0 Å². The first-order chi connectivity index (χ1) is 8.09. The molecule has 0 aliphatic heterocycles. The molecule has 1 N–H and O–H groups in total. The number of aromatic carboxylic acids is 1. The summed E-state index contributed by atoms with van der Waals surface area (Å²) in [5.74, 6) is -1.23. The number of hydrogen-bond donors (Lipinski definition) is 1. The van der Waals surface area contributed by atoms with Crippen LogP contribution in [0.4, 0.5) is 0 Å². The molecule has 2 rings (SSSR count). The van der Waals surface area contributed by atoms with Crippen LogP contribution in [0.25, 0.3) is 11.3 Å². The number of rotatable bonds is 2. The summed E-state index contributed by atoms with van der Waals surface area (Å²) in [7, 11) is 1.66. The molecule has 0 radical (unpaired) electrons. The molecular weight excluding hydrogens is 220 g/mol. The van der Waals surface area contributed by atoms with Gasteiger partial charge in [0.05, 0.1) is 11.3 Å². The Bertz CT molecular complexity index is 617. The predicted octanol–water partition coefficient (Wildman–Crippen LogP) is 1.15. The molecule has 0 amide bonds. The van der Waals surface area contributed by atoms with Crippen molar-refractivity contribution >= 4 is 5.97 Å². The van der Waals surface area contributed by atoms with E-state index in [0.717, 1.165) is 0 Å². The van der Waals surface area contributed by atoms with E-state index in [0.29, 0.717) is 5.69 Å². The van der Waals surface area contributed by atoms with E-state index in [4.69, 9.17) is 5.11 Å². The van der Waals surface area contributed by atoms with Crippen molar-refractivity contribution in [3.05, 3.63) is 52.6 Å². The van der Waals surface area contributed by atoms with Crippen molar-refractivity contribution in [3.8, 4) is 11.3 Å². The van der Waals surface area contributed by atoms with Crippen LogP contribution in [-0.4, -0.2) is 20.6 Å². The van der Waals surface area contributed by atoms with E-state index < -0.39 is 11.4 Å². The third kappa shape index (κ3) is 2.08. The Morgan fingerprint density at radius 1 is 1.35 bits per heavy atom. The molecule has 0 aromatic carbocycles. The van der Waals surface area contributed by atoms with Crippen LogP contribution in [-0.2, 0) is 7.05 Å². The van der Waals surface area contributed by atoms with Gasteiger partial charge in [-0.3, -0.25) is 9.78 Å². The summed E-state index contributed by atoms with van der Waals surface area (Å²) >= 11 is 0. The highest BCUT2D eigenvalue weighted by Crippen LogP contribution is 2.11. The lowest BCUT2D eigenvalue weighted by atomic mass is 10.1. The summed E-state index contributed by atoms with van der Waals surface area (Å²) in [5, 5.41) is 8.93. The summed E-state index contributed by atoms with van der Waals surface area (Å²) in [6.07, 6.45) is 4.41. The van der Waals surface area contributed by atoms with Gasteiger partial charge in [-0.2, -0.15) is 0 Å². The fourth-order valence-electron chi connectivity index (χ4n) is 1.56. The highest BCUT2D eigenvalue weighted by Gasteiger charge is 2.14. The van der Waals surface area contributed by atoms with Crippen LogP contribution in [0.5, 0.6) is 0 Å². The van der Waals surface area contributed by atoms with Gasteiger partial charge in [-0.05, 0) is 12.1 Å². The van der Waals surface area contributed by atoms with Gasteiger partial charge in [-0.25, -0.2) is 4.79 Å². The highest BCUT2D eigenvalue weighted by molar-refractivity contribution is 5.88. The van der Waals surface area contributed by atoms with Crippen molar-refractivity contribution < 1.29 is 9.90 Å². The van der Waals surface area contributed by atoms with Crippen molar-refractivity contribution in [3.63, 3.8) is 0 Å². The molecule has 0 aliphatic carbocycles. The molecule has 0 bridgehead atoms. The van der Waals surface area contributed by atoms with E-state index in [1.807, 2.05) is 0 Å². The van der Waals surface area contributed by atoms with Crippen LogP contribution in [0, 0.1) is 0 Å². The number of pyridine rings is 2. The minimum Gasteiger partial charge on any atom is -0.477 e. The molecule has 0 unspecified atom stereocenters. The molecular formula is C12H10N2O3. The molecule has 2 aromatic heterocycles. The topological polar surface area (TPSA) is 72.2 Å². The summed E-state index contributed by atoms with van der Waals surface area (Å²) < 4.78 is 1.54. The molecule has 0 saturated carbocycles. The molecule has 5 nitrogen and oxygen atoms in total. The highest BCUT2D eigenvalue weighted by atomic mass is 16.4. The zero-order valence-corrected chi connectivity index (χ0v) is 9.12. The van der Waals surface area contributed by atoms with E-state index in [-0.39, 0.29) is 11.1 Å². The first kappa shape index (κ1) is 11.1. The number of nitrogens with zero attached hydrogens (tertiary/aromatic N) is 2. The smallest absolute Gasteiger partial charge is 0.341 e. The average Bonchev–Trinajstić information content (AvgIpc) is 2.32. The van der Waals surface area contributed by atoms with Gasteiger partial charge in [0.25, 0.3) is 0 Å².